The third kappa shape index (κ3) is 3.81. The minimum atomic E-state index is -5.35. The Balaban J connectivity index is 2.18. The molecule has 9 heteroatoms. The van der Waals surface area contributed by atoms with Crippen LogP contribution in [0.5, 0.6) is 0 Å². The van der Waals surface area contributed by atoms with E-state index in [4.69, 9.17) is 0 Å². The second-order valence-electron chi connectivity index (χ2n) is 6.23. The van der Waals surface area contributed by atoms with Crippen LogP contribution in [0.15, 0.2) is 36.4 Å². The van der Waals surface area contributed by atoms with E-state index in [9.17, 15) is 39.5 Å². The SMILES string of the molecule is Cc1cc(F)c(-c2cc(F)c(-c3cc(F)c(C(F)(F)F)c(F)c3)c(F)c2)c(F)c1. The zero-order valence-electron chi connectivity index (χ0n) is 14.4. The summed E-state index contributed by atoms with van der Waals surface area (Å²) in [6.45, 7) is 1.40. The quantitative estimate of drug-likeness (QED) is 0.385. The summed E-state index contributed by atoms with van der Waals surface area (Å²) in [6, 6.07) is 3.15. The standard InChI is InChI=1S/C20H9F9/c1-8-2-11(21)17(12(22)3-8)9-4-13(23)18(14(24)5-9)10-6-15(25)19(16(26)7-10)20(27,28)29/h2-7H,1H3. The molecule has 3 aromatic rings. The maximum absolute atomic E-state index is 14.5. The summed E-state index contributed by atoms with van der Waals surface area (Å²) in [5, 5.41) is 0. The van der Waals surface area contributed by atoms with Crippen molar-refractivity contribution in [2.24, 2.45) is 0 Å². The molecule has 0 N–H and O–H groups in total. The molecule has 0 aliphatic carbocycles. The molecule has 0 saturated heterocycles. The van der Waals surface area contributed by atoms with E-state index in [0.717, 1.165) is 12.1 Å². The average Bonchev–Trinajstić information content (AvgIpc) is 2.51. The van der Waals surface area contributed by atoms with Gasteiger partial charge in [0.15, 0.2) is 0 Å². The Hall–Kier alpha value is -2.97. The molecular weight excluding hydrogens is 411 g/mol. The molecule has 0 aliphatic rings. The van der Waals surface area contributed by atoms with Crippen LogP contribution in [0.4, 0.5) is 39.5 Å². The van der Waals surface area contributed by atoms with E-state index in [1.807, 2.05) is 0 Å². The van der Waals surface area contributed by atoms with Crippen molar-refractivity contribution < 1.29 is 39.5 Å². The Morgan fingerprint density at radius 2 is 0.828 bits per heavy atom. The Morgan fingerprint density at radius 3 is 1.17 bits per heavy atom. The molecule has 29 heavy (non-hydrogen) atoms. The normalized spacial score (nSPS) is 11.8. The van der Waals surface area contributed by atoms with Crippen molar-refractivity contribution in [2.75, 3.05) is 0 Å². The second kappa shape index (κ2) is 7.13. The van der Waals surface area contributed by atoms with Crippen molar-refractivity contribution in [1.82, 2.24) is 0 Å². The highest BCUT2D eigenvalue weighted by Gasteiger charge is 2.38. The van der Waals surface area contributed by atoms with Gasteiger partial charge in [0.05, 0.1) is 11.1 Å². The molecule has 0 radical (unpaired) electrons. The summed E-state index contributed by atoms with van der Waals surface area (Å²) < 4.78 is 122. The van der Waals surface area contributed by atoms with Crippen LogP contribution in [0.25, 0.3) is 22.3 Å². The summed E-state index contributed by atoms with van der Waals surface area (Å²) in [4.78, 5) is 0. The topological polar surface area (TPSA) is 0 Å². The largest absolute Gasteiger partial charge is 0.422 e. The molecule has 0 aliphatic heterocycles. The van der Waals surface area contributed by atoms with Gasteiger partial charge in [0, 0.05) is 0 Å². The van der Waals surface area contributed by atoms with Gasteiger partial charge in [-0.2, -0.15) is 13.2 Å². The highest BCUT2D eigenvalue weighted by atomic mass is 19.4. The first kappa shape index (κ1) is 20.8. The van der Waals surface area contributed by atoms with E-state index < -0.39 is 68.9 Å². The van der Waals surface area contributed by atoms with Gasteiger partial charge in [-0.3, -0.25) is 0 Å². The Labute approximate surface area is 158 Å². The molecule has 3 aromatic carbocycles. The summed E-state index contributed by atoms with van der Waals surface area (Å²) in [6.07, 6.45) is -5.35. The monoisotopic (exact) mass is 420 g/mol. The molecule has 3 rings (SSSR count). The number of hydrogen-bond acceptors (Lipinski definition) is 0. The molecule has 0 spiro atoms. The molecule has 0 bridgehead atoms. The van der Waals surface area contributed by atoms with Crippen LogP contribution in [-0.2, 0) is 6.18 Å². The summed E-state index contributed by atoms with van der Waals surface area (Å²) in [7, 11) is 0. The number of halogens is 9. The smallest absolute Gasteiger partial charge is 0.206 e. The lowest BCUT2D eigenvalue weighted by Gasteiger charge is -2.13. The van der Waals surface area contributed by atoms with Crippen LogP contribution in [0.2, 0.25) is 0 Å². The number of rotatable bonds is 2. The zero-order chi connectivity index (χ0) is 21.7. The molecule has 0 aromatic heterocycles. The van der Waals surface area contributed by atoms with Gasteiger partial charge in [-0.15, -0.1) is 0 Å². The van der Waals surface area contributed by atoms with Gasteiger partial charge < -0.3 is 0 Å². The minimum absolute atomic E-state index is 0.125. The minimum Gasteiger partial charge on any atom is -0.206 e. The summed E-state index contributed by atoms with van der Waals surface area (Å²) in [5.74, 6) is -9.27. The highest BCUT2D eigenvalue weighted by molar-refractivity contribution is 5.73. The molecule has 0 atom stereocenters. The van der Waals surface area contributed by atoms with Crippen molar-refractivity contribution in [1.29, 1.82) is 0 Å². The van der Waals surface area contributed by atoms with Crippen LogP contribution in [-0.4, -0.2) is 0 Å². The van der Waals surface area contributed by atoms with Crippen LogP contribution in [0.1, 0.15) is 11.1 Å². The first-order valence-electron chi connectivity index (χ1n) is 7.91. The Kier molecular flexibility index (Phi) is 5.10. The van der Waals surface area contributed by atoms with Crippen LogP contribution >= 0.6 is 0 Å². The maximum Gasteiger partial charge on any atom is 0.422 e. The predicted molar refractivity (Wildman–Crippen MR) is 86.8 cm³/mol. The molecule has 0 fully saturated rings. The predicted octanol–water partition coefficient (Wildman–Crippen LogP) is 7.18. The van der Waals surface area contributed by atoms with Gasteiger partial charge in [-0.25, -0.2) is 26.3 Å². The molecule has 152 valence electrons. The fourth-order valence-electron chi connectivity index (χ4n) is 2.96. The van der Waals surface area contributed by atoms with Crippen LogP contribution < -0.4 is 0 Å². The van der Waals surface area contributed by atoms with Crippen molar-refractivity contribution in [3.63, 3.8) is 0 Å². The third-order valence-corrected chi connectivity index (χ3v) is 4.13. The first-order valence-corrected chi connectivity index (χ1v) is 7.91. The van der Waals surface area contributed by atoms with E-state index in [1.54, 1.807) is 0 Å². The number of alkyl halides is 3. The average molecular weight is 420 g/mol. The fraction of sp³-hybridized carbons (Fsp3) is 0.100. The molecule has 0 nitrogen and oxygen atoms in total. The van der Waals surface area contributed by atoms with Gasteiger partial charge in [-0.1, -0.05) is 0 Å². The van der Waals surface area contributed by atoms with Gasteiger partial charge in [0.1, 0.15) is 40.5 Å². The molecule has 0 heterocycles. The highest BCUT2D eigenvalue weighted by Crippen LogP contribution is 2.38. The van der Waals surface area contributed by atoms with Gasteiger partial charge in [0.2, 0.25) is 0 Å². The molecular formula is C20H9F9. The van der Waals surface area contributed by atoms with Crippen molar-refractivity contribution in [3.05, 3.63) is 82.4 Å². The fourth-order valence-corrected chi connectivity index (χ4v) is 2.96. The second-order valence-corrected chi connectivity index (χ2v) is 6.23. The number of aryl methyl sites for hydroxylation is 1. The lowest BCUT2D eigenvalue weighted by Crippen LogP contribution is -2.11. The van der Waals surface area contributed by atoms with E-state index >= 15 is 0 Å². The van der Waals surface area contributed by atoms with Crippen molar-refractivity contribution in [2.45, 2.75) is 13.1 Å². The Bertz CT molecular complexity index is 1040. The lowest BCUT2D eigenvalue weighted by molar-refractivity contribution is -0.142. The molecule has 0 unspecified atom stereocenters. The lowest BCUT2D eigenvalue weighted by atomic mass is 9.96. The van der Waals surface area contributed by atoms with E-state index in [2.05, 4.69) is 0 Å². The molecule has 0 amide bonds. The van der Waals surface area contributed by atoms with Crippen molar-refractivity contribution in [3.8, 4) is 22.3 Å². The number of benzene rings is 3. The van der Waals surface area contributed by atoms with Crippen LogP contribution in [0, 0.1) is 41.8 Å². The maximum atomic E-state index is 14.5. The summed E-state index contributed by atoms with van der Waals surface area (Å²) >= 11 is 0. The number of hydrogen-bond donors (Lipinski definition) is 0. The van der Waals surface area contributed by atoms with E-state index in [1.165, 1.54) is 6.92 Å². The zero-order valence-corrected chi connectivity index (χ0v) is 14.4. The first-order chi connectivity index (χ1) is 13.4. The van der Waals surface area contributed by atoms with E-state index in [-0.39, 0.29) is 17.7 Å². The van der Waals surface area contributed by atoms with Crippen LogP contribution in [0.3, 0.4) is 0 Å². The van der Waals surface area contributed by atoms with E-state index in [0.29, 0.717) is 12.1 Å². The van der Waals surface area contributed by atoms with Gasteiger partial charge >= 0.3 is 6.18 Å². The Morgan fingerprint density at radius 1 is 0.517 bits per heavy atom. The summed E-state index contributed by atoms with van der Waals surface area (Å²) in [5.41, 5.74) is -5.15. The van der Waals surface area contributed by atoms with Gasteiger partial charge in [-0.05, 0) is 60.0 Å². The van der Waals surface area contributed by atoms with Gasteiger partial charge in [0.25, 0.3) is 0 Å². The molecule has 0 saturated carbocycles. The van der Waals surface area contributed by atoms with Crippen molar-refractivity contribution >= 4 is 0 Å². The third-order valence-electron chi connectivity index (χ3n) is 4.13.